The molecule has 9 nitrogen and oxygen atoms in total. The number of rotatable bonds is 10. The molecule has 0 spiro atoms. The molecule has 4 aromatic rings. The van der Waals surface area contributed by atoms with E-state index >= 15 is 0 Å². The zero-order valence-electron chi connectivity index (χ0n) is 21.5. The molecule has 2 aromatic heterocycles. The highest BCUT2D eigenvalue weighted by Gasteiger charge is 2.33. The smallest absolute Gasteiger partial charge is 0.247 e. The minimum atomic E-state index is -1.01. The van der Waals surface area contributed by atoms with Crippen LogP contribution in [0.2, 0.25) is 0 Å². The standard InChI is InChI=1S/C28H29FN6O3S/c1-19-10-12-20(13-11-19)26(28(37)30-16-22-7-4-14-38-22)34(17-21-6-2-3-8-23(21)29)25(36)18-35-32-27(31-33-35)24-9-5-15-39-24/h2-3,5-6,8-13,15,22,26H,4,7,14,16-18H2,1H3,(H,30,37)/t22-,26+/m0/s1. The second-order valence-electron chi connectivity index (χ2n) is 9.43. The minimum absolute atomic E-state index is 0.0710. The van der Waals surface area contributed by atoms with Crippen molar-refractivity contribution in [1.29, 1.82) is 0 Å². The number of carbonyl (C=O) groups excluding carboxylic acids is 2. The molecule has 0 aliphatic carbocycles. The summed E-state index contributed by atoms with van der Waals surface area (Å²) in [5.41, 5.74) is 1.92. The van der Waals surface area contributed by atoms with Crippen molar-refractivity contribution in [2.45, 2.75) is 45.0 Å². The molecule has 0 bridgehead atoms. The lowest BCUT2D eigenvalue weighted by molar-refractivity contribution is -0.142. The molecule has 202 valence electrons. The predicted octanol–water partition coefficient (Wildman–Crippen LogP) is 3.91. The Morgan fingerprint density at radius 2 is 2.00 bits per heavy atom. The molecule has 0 saturated carbocycles. The number of hydrogen-bond donors (Lipinski definition) is 1. The third kappa shape index (κ3) is 6.55. The average molecular weight is 549 g/mol. The molecule has 5 rings (SSSR count). The van der Waals surface area contributed by atoms with E-state index in [1.807, 2.05) is 48.7 Å². The average Bonchev–Trinajstić information content (AvgIpc) is 3.72. The van der Waals surface area contributed by atoms with E-state index in [9.17, 15) is 14.0 Å². The van der Waals surface area contributed by atoms with Crippen LogP contribution in [-0.4, -0.2) is 56.2 Å². The van der Waals surface area contributed by atoms with Gasteiger partial charge in [-0.3, -0.25) is 9.59 Å². The number of tetrazole rings is 1. The number of aryl methyl sites for hydroxylation is 1. The number of halogens is 1. The van der Waals surface area contributed by atoms with Gasteiger partial charge in [0.25, 0.3) is 0 Å². The van der Waals surface area contributed by atoms with E-state index in [1.54, 1.807) is 18.2 Å². The highest BCUT2D eigenvalue weighted by Crippen LogP contribution is 2.26. The summed E-state index contributed by atoms with van der Waals surface area (Å²) in [6.07, 6.45) is 1.73. The fourth-order valence-electron chi connectivity index (χ4n) is 4.50. The van der Waals surface area contributed by atoms with Gasteiger partial charge in [-0.05, 0) is 48.1 Å². The van der Waals surface area contributed by atoms with Gasteiger partial charge in [0.15, 0.2) is 0 Å². The maximum absolute atomic E-state index is 14.8. The van der Waals surface area contributed by atoms with Gasteiger partial charge in [-0.25, -0.2) is 4.39 Å². The molecule has 1 aliphatic heterocycles. The van der Waals surface area contributed by atoms with Crippen LogP contribution >= 0.6 is 11.3 Å². The Morgan fingerprint density at radius 1 is 1.18 bits per heavy atom. The number of benzene rings is 2. The SMILES string of the molecule is Cc1ccc([C@H](C(=O)NC[C@@H]2CCCO2)N(Cc2ccccc2F)C(=O)Cn2nnc(-c3cccs3)n2)cc1. The van der Waals surface area contributed by atoms with Crippen molar-refractivity contribution in [2.24, 2.45) is 0 Å². The highest BCUT2D eigenvalue weighted by molar-refractivity contribution is 7.13. The number of hydrogen-bond acceptors (Lipinski definition) is 7. The molecule has 0 radical (unpaired) electrons. The number of aromatic nitrogens is 4. The van der Waals surface area contributed by atoms with Crippen LogP contribution in [0.25, 0.3) is 10.7 Å². The van der Waals surface area contributed by atoms with Gasteiger partial charge in [0.2, 0.25) is 17.6 Å². The van der Waals surface area contributed by atoms with Gasteiger partial charge >= 0.3 is 0 Å². The lowest BCUT2D eigenvalue weighted by Gasteiger charge is -2.32. The summed E-state index contributed by atoms with van der Waals surface area (Å²) in [5.74, 6) is -0.879. The van der Waals surface area contributed by atoms with Gasteiger partial charge < -0.3 is 15.0 Å². The van der Waals surface area contributed by atoms with E-state index in [0.717, 1.165) is 23.3 Å². The first-order valence-corrected chi connectivity index (χ1v) is 13.7. The highest BCUT2D eigenvalue weighted by atomic mass is 32.1. The second kappa shape index (κ2) is 12.3. The van der Waals surface area contributed by atoms with Crippen molar-refractivity contribution >= 4 is 23.2 Å². The largest absolute Gasteiger partial charge is 0.376 e. The van der Waals surface area contributed by atoms with Crippen LogP contribution in [0.4, 0.5) is 4.39 Å². The molecule has 2 aromatic carbocycles. The van der Waals surface area contributed by atoms with Crippen molar-refractivity contribution < 1.29 is 18.7 Å². The number of thiophene rings is 1. The summed E-state index contributed by atoms with van der Waals surface area (Å²) in [5, 5.41) is 17.3. The molecule has 1 aliphatic rings. The fraction of sp³-hybridized carbons (Fsp3) is 0.321. The Bertz CT molecular complexity index is 1400. The molecule has 11 heteroatoms. The Labute approximate surface area is 229 Å². The molecule has 1 saturated heterocycles. The quantitative estimate of drug-likeness (QED) is 0.322. The van der Waals surface area contributed by atoms with Crippen LogP contribution in [0.15, 0.2) is 66.0 Å². The van der Waals surface area contributed by atoms with Crippen molar-refractivity contribution in [3.8, 4) is 10.7 Å². The van der Waals surface area contributed by atoms with E-state index < -0.39 is 17.8 Å². The van der Waals surface area contributed by atoms with Crippen LogP contribution < -0.4 is 5.32 Å². The molecule has 2 atom stereocenters. The van der Waals surface area contributed by atoms with E-state index in [4.69, 9.17) is 4.74 Å². The van der Waals surface area contributed by atoms with Crippen molar-refractivity contribution in [3.63, 3.8) is 0 Å². The first-order valence-electron chi connectivity index (χ1n) is 12.8. The van der Waals surface area contributed by atoms with E-state index in [0.29, 0.717) is 30.1 Å². The summed E-state index contributed by atoms with van der Waals surface area (Å²) >= 11 is 1.46. The molecule has 1 N–H and O–H groups in total. The predicted molar refractivity (Wildman–Crippen MR) is 144 cm³/mol. The van der Waals surface area contributed by atoms with E-state index in [-0.39, 0.29) is 25.1 Å². The van der Waals surface area contributed by atoms with Gasteiger partial charge in [-0.2, -0.15) is 4.80 Å². The van der Waals surface area contributed by atoms with Gasteiger partial charge in [0.1, 0.15) is 18.4 Å². The number of amides is 2. The van der Waals surface area contributed by atoms with Crippen molar-refractivity contribution in [2.75, 3.05) is 13.2 Å². The second-order valence-corrected chi connectivity index (χ2v) is 10.4. The van der Waals surface area contributed by atoms with Gasteiger partial charge in [0.05, 0.1) is 11.0 Å². The van der Waals surface area contributed by atoms with Crippen LogP contribution in [-0.2, 0) is 27.4 Å². The first-order chi connectivity index (χ1) is 19.0. The summed E-state index contributed by atoms with van der Waals surface area (Å²) in [6.45, 7) is 2.55. The Hall–Kier alpha value is -3.96. The monoisotopic (exact) mass is 548 g/mol. The summed E-state index contributed by atoms with van der Waals surface area (Å²) < 4.78 is 20.4. The maximum Gasteiger partial charge on any atom is 0.247 e. The summed E-state index contributed by atoms with van der Waals surface area (Å²) in [7, 11) is 0. The summed E-state index contributed by atoms with van der Waals surface area (Å²) in [6, 6.07) is 16.4. The van der Waals surface area contributed by atoms with Crippen LogP contribution in [0, 0.1) is 12.7 Å². The molecular formula is C28H29FN6O3S. The van der Waals surface area contributed by atoms with Gasteiger partial charge in [0, 0.05) is 25.3 Å². The van der Waals surface area contributed by atoms with Gasteiger partial charge in [-0.15, -0.1) is 21.5 Å². The van der Waals surface area contributed by atoms with Crippen molar-refractivity contribution in [1.82, 2.24) is 30.4 Å². The molecule has 1 fully saturated rings. The zero-order valence-corrected chi connectivity index (χ0v) is 22.3. The Kier molecular flexibility index (Phi) is 8.38. The molecule has 2 amide bonds. The third-order valence-corrected chi connectivity index (χ3v) is 7.44. The van der Waals surface area contributed by atoms with Crippen molar-refractivity contribution in [3.05, 3.63) is 88.6 Å². The third-order valence-electron chi connectivity index (χ3n) is 6.57. The Balaban J connectivity index is 1.46. The lowest BCUT2D eigenvalue weighted by Crippen LogP contribution is -2.46. The molecule has 39 heavy (non-hydrogen) atoms. The maximum atomic E-state index is 14.8. The Morgan fingerprint density at radius 3 is 2.72 bits per heavy atom. The normalized spacial score (nSPS) is 15.7. The lowest BCUT2D eigenvalue weighted by atomic mass is 10.0. The number of nitrogens with zero attached hydrogens (tertiary/aromatic N) is 5. The fourth-order valence-corrected chi connectivity index (χ4v) is 5.15. The first kappa shape index (κ1) is 26.6. The topological polar surface area (TPSA) is 102 Å². The van der Waals surface area contributed by atoms with Gasteiger partial charge in [-0.1, -0.05) is 54.1 Å². The molecule has 0 unspecified atom stereocenters. The molecule has 3 heterocycles. The van der Waals surface area contributed by atoms with E-state index in [2.05, 4.69) is 20.7 Å². The minimum Gasteiger partial charge on any atom is -0.376 e. The summed E-state index contributed by atoms with van der Waals surface area (Å²) in [4.78, 5) is 31.0. The van der Waals surface area contributed by atoms with Crippen LogP contribution in [0.1, 0.15) is 35.6 Å². The van der Waals surface area contributed by atoms with Crippen LogP contribution in [0.5, 0.6) is 0 Å². The van der Waals surface area contributed by atoms with E-state index in [1.165, 1.54) is 27.1 Å². The number of nitrogens with one attached hydrogen (secondary N) is 1. The zero-order chi connectivity index (χ0) is 27.2. The molecular weight excluding hydrogens is 519 g/mol. The van der Waals surface area contributed by atoms with Crippen LogP contribution in [0.3, 0.4) is 0 Å². The number of carbonyl (C=O) groups is 2. The number of ether oxygens (including phenoxy) is 1.